The van der Waals surface area contributed by atoms with Crippen molar-refractivity contribution in [1.29, 1.82) is 0 Å². The monoisotopic (exact) mass is 406 g/mol. The number of nitrogens with zero attached hydrogens (tertiary/aromatic N) is 4. The molecule has 154 valence electrons. The maximum atomic E-state index is 13.5. The maximum Gasteiger partial charge on any atom is 0.263 e. The molecule has 8 heteroatoms. The summed E-state index contributed by atoms with van der Waals surface area (Å²) in [4.78, 5) is 25.4. The number of aromatic nitrogens is 5. The number of rotatable bonds is 2. The molecule has 0 bridgehead atoms. The molecular formula is C22H23FN6O. The number of anilines is 1. The highest BCUT2D eigenvalue weighted by Crippen LogP contribution is 2.30. The van der Waals surface area contributed by atoms with Crippen LogP contribution in [0.4, 0.5) is 10.3 Å². The van der Waals surface area contributed by atoms with Gasteiger partial charge in [-0.3, -0.25) is 9.78 Å². The predicted octanol–water partition coefficient (Wildman–Crippen LogP) is 3.79. The Kier molecular flexibility index (Phi) is 4.06. The molecule has 0 unspecified atom stereocenters. The fraction of sp³-hybridized carbons (Fsp3) is 0.318. The summed E-state index contributed by atoms with van der Waals surface area (Å²) in [5, 5.41) is 5.87. The van der Waals surface area contributed by atoms with Crippen LogP contribution in [0.2, 0.25) is 0 Å². The predicted molar refractivity (Wildman–Crippen MR) is 116 cm³/mol. The molecule has 0 radical (unpaired) electrons. The fourth-order valence-corrected chi connectivity index (χ4v) is 4.02. The lowest BCUT2D eigenvalue weighted by Gasteiger charge is -2.27. The molecule has 0 aliphatic carbocycles. The lowest BCUT2D eigenvalue weighted by atomic mass is 9.99. The van der Waals surface area contributed by atoms with Crippen molar-refractivity contribution in [2.45, 2.75) is 32.7 Å². The molecule has 3 aromatic heterocycles. The smallest absolute Gasteiger partial charge is 0.263 e. The van der Waals surface area contributed by atoms with Crippen LogP contribution in [0, 0.1) is 5.82 Å². The molecule has 7 nitrogen and oxygen atoms in total. The minimum atomic E-state index is -0.274. The quantitative estimate of drug-likeness (QED) is 0.531. The molecular weight excluding hydrogens is 383 g/mol. The van der Waals surface area contributed by atoms with Crippen molar-refractivity contribution < 1.29 is 4.39 Å². The Labute approximate surface area is 172 Å². The summed E-state index contributed by atoms with van der Waals surface area (Å²) in [6.45, 7) is 7.44. The largest absolute Gasteiger partial charge is 0.360 e. The Morgan fingerprint density at radius 2 is 2.03 bits per heavy atom. The van der Waals surface area contributed by atoms with Crippen LogP contribution in [-0.4, -0.2) is 37.8 Å². The molecule has 1 aliphatic rings. The summed E-state index contributed by atoms with van der Waals surface area (Å²) in [7, 11) is 0. The van der Waals surface area contributed by atoms with Crippen molar-refractivity contribution in [3.05, 3.63) is 58.4 Å². The van der Waals surface area contributed by atoms with Gasteiger partial charge in [-0.25, -0.2) is 9.07 Å². The maximum absolute atomic E-state index is 13.5. The number of fused-ring (bicyclic) bond motifs is 2. The van der Waals surface area contributed by atoms with Gasteiger partial charge >= 0.3 is 0 Å². The minimum absolute atomic E-state index is 0.182. The van der Waals surface area contributed by atoms with E-state index in [1.165, 1.54) is 17.7 Å². The van der Waals surface area contributed by atoms with Gasteiger partial charge < -0.3 is 9.88 Å². The molecule has 5 rings (SSSR count). The summed E-state index contributed by atoms with van der Waals surface area (Å²) < 4.78 is 15.3. The molecule has 0 amide bonds. The van der Waals surface area contributed by atoms with Crippen LogP contribution in [0.5, 0.6) is 0 Å². The average molecular weight is 406 g/mol. The third-order valence-corrected chi connectivity index (χ3v) is 5.56. The van der Waals surface area contributed by atoms with E-state index in [1.54, 1.807) is 10.9 Å². The van der Waals surface area contributed by atoms with Gasteiger partial charge in [0.25, 0.3) is 5.56 Å². The molecule has 2 N–H and O–H groups in total. The lowest BCUT2D eigenvalue weighted by molar-refractivity contribution is 0.366. The Morgan fingerprint density at radius 3 is 2.77 bits per heavy atom. The van der Waals surface area contributed by atoms with Crippen molar-refractivity contribution in [2.75, 3.05) is 18.0 Å². The van der Waals surface area contributed by atoms with E-state index in [1.807, 2.05) is 33.0 Å². The van der Waals surface area contributed by atoms with Crippen molar-refractivity contribution in [2.24, 2.45) is 0 Å². The van der Waals surface area contributed by atoms with Crippen molar-refractivity contribution in [1.82, 2.24) is 24.7 Å². The van der Waals surface area contributed by atoms with E-state index in [2.05, 4.69) is 26.0 Å². The number of hydrogen-bond donors (Lipinski definition) is 2. The molecule has 0 saturated heterocycles. The molecule has 0 atom stereocenters. The molecule has 4 heterocycles. The normalized spacial score (nSPS) is 15.2. The molecule has 4 aromatic rings. The zero-order valence-electron chi connectivity index (χ0n) is 17.2. The number of aromatic amines is 2. The van der Waals surface area contributed by atoms with Crippen molar-refractivity contribution in [3.63, 3.8) is 0 Å². The first kappa shape index (κ1) is 18.6. The van der Waals surface area contributed by atoms with Crippen molar-refractivity contribution >= 4 is 33.5 Å². The van der Waals surface area contributed by atoms with E-state index < -0.39 is 0 Å². The van der Waals surface area contributed by atoms with E-state index in [9.17, 15) is 9.18 Å². The third-order valence-electron chi connectivity index (χ3n) is 5.56. The molecule has 1 aromatic carbocycles. The van der Waals surface area contributed by atoms with Crippen molar-refractivity contribution in [3.8, 4) is 0 Å². The summed E-state index contributed by atoms with van der Waals surface area (Å²) in [6, 6.07) is 4.80. The Bertz CT molecular complexity index is 1350. The minimum Gasteiger partial charge on any atom is -0.360 e. The number of H-pyrrole nitrogens is 2. The van der Waals surface area contributed by atoms with Gasteiger partial charge in [0.15, 0.2) is 5.65 Å². The van der Waals surface area contributed by atoms with Gasteiger partial charge in [0, 0.05) is 35.8 Å². The van der Waals surface area contributed by atoms with E-state index >= 15 is 0 Å². The van der Waals surface area contributed by atoms with Gasteiger partial charge in [-0.15, -0.1) is 0 Å². The molecule has 1 aliphatic heterocycles. The van der Waals surface area contributed by atoms with E-state index in [-0.39, 0.29) is 16.9 Å². The van der Waals surface area contributed by atoms with Crippen LogP contribution in [0.25, 0.3) is 27.5 Å². The van der Waals surface area contributed by atoms with E-state index in [0.29, 0.717) is 23.5 Å². The second-order valence-corrected chi connectivity index (χ2v) is 8.67. The number of benzene rings is 1. The summed E-state index contributed by atoms with van der Waals surface area (Å²) >= 11 is 0. The van der Waals surface area contributed by atoms with Crippen LogP contribution in [-0.2, 0) is 5.54 Å². The van der Waals surface area contributed by atoms with Gasteiger partial charge in [-0.05, 0) is 51.0 Å². The standard InChI is InChI=1S/C22H23FN6O/c1-22(2,3)29-19-17(12-25-29)20(30)27-21(26-19)28-8-6-13(7-9-28)16-11-24-18-10-14(23)4-5-15(16)18/h4-6,10-12,24H,7-9H2,1-3H3,(H,26,27,30). The van der Waals surface area contributed by atoms with Gasteiger partial charge in [0.05, 0.1) is 11.7 Å². The van der Waals surface area contributed by atoms with Crippen LogP contribution in [0.1, 0.15) is 32.8 Å². The lowest BCUT2D eigenvalue weighted by Crippen LogP contribution is -2.32. The Balaban J connectivity index is 1.48. The van der Waals surface area contributed by atoms with E-state index in [0.717, 1.165) is 29.4 Å². The SMILES string of the molecule is CC(C)(C)n1ncc2c(=O)[nH]c(N3CC=C(c4c[nH]c5cc(F)ccc45)CC3)nc21. The van der Waals surface area contributed by atoms with Crippen LogP contribution in [0.15, 0.2) is 41.5 Å². The van der Waals surface area contributed by atoms with E-state index in [4.69, 9.17) is 4.98 Å². The van der Waals surface area contributed by atoms with Gasteiger partial charge in [-0.1, -0.05) is 6.08 Å². The zero-order valence-corrected chi connectivity index (χ0v) is 17.2. The highest BCUT2D eigenvalue weighted by atomic mass is 19.1. The first-order valence-corrected chi connectivity index (χ1v) is 10.0. The van der Waals surface area contributed by atoms with Gasteiger partial charge in [-0.2, -0.15) is 10.1 Å². The zero-order chi connectivity index (χ0) is 21.0. The summed E-state index contributed by atoms with van der Waals surface area (Å²) in [5.41, 5.74) is 3.22. The second-order valence-electron chi connectivity index (χ2n) is 8.67. The first-order valence-electron chi connectivity index (χ1n) is 10.0. The average Bonchev–Trinajstić information content (AvgIpc) is 3.32. The second kappa shape index (κ2) is 6.55. The first-order chi connectivity index (χ1) is 14.3. The number of hydrogen-bond acceptors (Lipinski definition) is 4. The highest BCUT2D eigenvalue weighted by Gasteiger charge is 2.22. The topological polar surface area (TPSA) is 82.6 Å². The third kappa shape index (κ3) is 2.99. The van der Waals surface area contributed by atoms with Gasteiger partial charge in [0.2, 0.25) is 5.95 Å². The number of halogens is 1. The summed E-state index contributed by atoms with van der Waals surface area (Å²) in [6.07, 6.45) is 6.44. The molecule has 0 spiro atoms. The van der Waals surface area contributed by atoms with Crippen LogP contribution in [0.3, 0.4) is 0 Å². The Hall–Kier alpha value is -3.42. The van der Waals surface area contributed by atoms with Crippen LogP contribution >= 0.6 is 0 Å². The molecule has 0 fully saturated rings. The number of nitrogens with one attached hydrogen (secondary N) is 2. The molecule has 0 saturated carbocycles. The van der Waals surface area contributed by atoms with Crippen LogP contribution < -0.4 is 10.5 Å². The fourth-order valence-electron chi connectivity index (χ4n) is 4.02. The molecule has 30 heavy (non-hydrogen) atoms. The van der Waals surface area contributed by atoms with Gasteiger partial charge in [0.1, 0.15) is 11.2 Å². The Morgan fingerprint density at radius 1 is 1.20 bits per heavy atom. The summed E-state index contributed by atoms with van der Waals surface area (Å²) in [5.74, 6) is 0.300. The highest BCUT2D eigenvalue weighted by molar-refractivity contribution is 5.93.